The van der Waals surface area contributed by atoms with E-state index in [-0.39, 0.29) is 0 Å². The third-order valence-corrected chi connectivity index (χ3v) is 3.65. The minimum absolute atomic E-state index is 0.671. The quantitative estimate of drug-likeness (QED) is 0.852. The van der Waals surface area contributed by atoms with E-state index in [0.29, 0.717) is 12.4 Å². The minimum Gasteiger partial charge on any atom is -0.383 e. The van der Waals surface area contributed by atoms with E-state index in [2.05, 4.69) is 37.1 Å². The molecule has 0 atom stereocenters. The number of ether oxygens (including phenoxy) is 1. The van der Waals surface area contributed by atoms with Crippen LogP contribution in [0.1, 0.15) is 23.7 Å². The Morgan fingerprint density at radius 3 is 2.65 bits per heavy atom. The monoisotopic (exact) mass is 273 g/mol. The lowest BCUT2D eigenvalue weighted by molar-refractivity contribution is 0.150. The van der Waals surface area contributed by atoms with Gasteiger partial charge in [-0.2, -0.15) is 5.10 Å². The summed E-state index contributed by atoms with van der Waals surface area (Å²) in [6, 6.07) is 6.41. The number of aromatic nitrogens is 2. The molecule has 4 nitrogen and oxygen atoms in total. The Bertz CT molecular complexity index is 602. The first-order valence-electron chi connectivity index (χ1n) is 7.01. The third-order valence-electron chi connectivity index (χ3n) is 3.65. The molecule has 0 saturated heterocycles. The zero-order chi connectivity index (χ0) is 14.7. The topological polar surface area (TPSA) is 53.1 Å². The Morgan fingerprint density at radius 2 is 2.00 bits per heavy atom. The van der Waals surface area contributed by atoms with E-state index >= 15 is 0 Å². The van der Waals surface area contributed by atoms with Gasteiger partial charge in [0.2, 0.25) is 0 Å². The summed E-state index contributed by atoms with van der Waals surface area (Å²) in [6.07, 6.45) is 0.779. The van der Waals surface area contributed by atoms with E-state index in [1.807, 2.05) is 14.0 Å². The van der Waals surface area contributed by atoms with Crippen LogP contribution in [0, 0.1) is 13.8 Å². The number of hydrogen-bond acceptors (Lipinski definition) is 3. The predicted molar refractivity (Wildman–Crippen MR) is 82.7 cm³/mol. The molecular formula is C16H23N3O. The average molecular weight is 273 g/mol. The third kappa shape index (κ3) is 2.85. The largest absolute Gasteiger partial charge is 0.383 e. The van der Waals surface area contributed by atoms with Gasteiger partial charge < -0.3 is 10.5 Å². The molecule has 2 aromatic rings. The maximum absolute atomic E-state index is 6.19. The Labute approximate surface area is 120 Å². The summed E-state index contributed by atoms with van der Waals surface area (Å²) in [5.41, 5.74) is 11.9. The molecule has 0 unspecified atom stereocenters. The fourth-order valence-corrected chi connectivity index (χ4v) is 2.29. The maximum atomic E-state index is 6.19. The molecule has 2 rings (SSSR count). The first kappa shape index (κ1) is 14.6. The number of nitrogen functional groups attached to an aromatic ring is 1. The number of aryl methyl sites for hydroxylation is 3. The highest BCUT2D eigenvalue weighted by Crippen LogP contribution is 2.31. The van der Waals surface area contributed by atoms with Crippen molar-refractivity contribution in [2.45, 2.75) is 27.2 Å². The predicted octanol–water partition coefficient (Wildman–Crippen LogP) is 2.87. The van der Waals surface area contributed by atoms with Crippen LogP contribution < -0.4 is 5.73 Å². The highest BCUT2D eigenvalue weighted by molar-refractivity contribution is 5.77. The average Bonchev–Trinajstić information content (AvgIpc) is 2.69. The summed E-state index contributed by atoms with van der Waals surface area (Å²) in [7, 11) is 1.88. The molecule has 0 aliphatic heterocycles. The highest BCUT2D eigenvalue weighted by atomic mass is 16.5. The molecule has 0 aliphatic rings. The van der Waals surface area contributed by atoms with Crippen LogP contribution in [0.15, 0.2) is 18.2 Å². The number of hydrogen-bond donors (Lipinski definition) is 1. The van der Waals surface area contributed by atoms with Crippen molar-refractivity contribution in [2.75, 3.05) is 18.9 Å². The van der Waals surface area contributed by atoms with E-state index in [4.69, 9.17) is 10.5 Å². The molecule has 1 aromatic carbocycles. The molecule has 0 spiro atoms. The normalized spacial score (nSPS) is 11.0. The first-order chi connectivity index (χ1) is 9.54. The van der Waals surface area contributed by atoms with Gasteiger partial charge in [0, 0.05) is 25.6 Å². The molecule has 2 N–H and O–H groups in total. The van der Waals surface area contributed by atoms with E-state index in [1.54, 1.807) is 4.68 Å². The van der Waals surface area contributed by atoms with Crippen molar-refractivity contribution in [3.63, 3.8) is 0 Å². The van der Waals surface area contributed by atoms with Gasteiger partial charge in [0.25, 0.3) is 0 Å². The zero-order valence-corrected chi connectivity index (χ0v) is 12.7. The number of nitrogens with two attached hydrogens (primary N) is 1. The van der Waals surface area contributed by atoms with Crippen molar-refractivity contribution in [3.05, 3.63) is 35.0 Å². The molecule has 20 heavy (non-hydrogen) atoms. The van der Waals surface area contributed by atoms with Crippen LogP contribution in [0.5, 0.6) is 0 Å². The second-order valence-electron chi connectivity index (χ2n) is 5.08. The van der Waals surface area contributed by atoms with Crippen LogP contribution in [0.25, 0.3) is 11.1 Å². The SMILES string of the molecule is CCOCCc1nn(C)c(N)c1-c1ccc(C)c(C)c1. The summed E-state index contributed by atoms with van der Waals surface area (Å²) in [4.78, 5) is 0. The number of rotatable bonds is 5. The first-order valence-corrected chi connectivity index (χ1v) is 7.01. The van der Waals surface area contributed by atoms with Crippen LogP contribution in [-0.2, 0) is 18.2 Å². The molecule has 0 amide bonds. The second-order valence-corrected chi connectivity index (χ2v) is 5.08. The van der Waals surface area contributed by atoms with Crippen LogP contribution >= 0.6 is 0 Å². The summed E-state index contributed by atoms with van der Waals surface area (Å²) in [5.74, 6) is 0.708. The van der Waals surface area contributed by atoms with Crippen molar-refractivity contribution in [3.8, 4) is 11.1 Å². The molecule has 4 heteroatoms. The highest BCUT2D eigenvalue weighted by Gasteiger charge is 2.15. The van der Waals surface area contributed by atoms with Crippen LogP contribution in [-0.4, -0.2) is 23.0 Å². The lowest BCUT2D eigenvalue weighted by atomic mass is 9.99. The van der Waals surface area contributed by atoms with Gasteiger partial charge in [-0.15, -0.1) is 0 Å². The molecule has 0 saturated carbocycles. The Morgan fingerprint density at radius 1 is 1.25 bits per heavy atom. The molecular weight excluding hydrogens is 250 g/mol. The lowest BCUT2D eigenvalue weighted by Crippen LogP contribution is -2.00. The number of nitrogens with zero attached hydrogens (tertiary/aromatic N) is 2. The molecule has 0 bridgehead atoms. The molecule has 0 radical (unpaired) electrons. The van der Waals surface area contributed by atoms with E-state index in [9.17, 15) is 0 Å². The van der Waals surface area contributed by atoms with Crippen molar-refractivity contribution >= 4 is 5.82 Å². The van der Waals surface area contributed by atoms with Gasteiger partial charge in [-0.3, -0.25) is 4.68 Å². The van der Waals surface area contributed by atoms with Gasteiger partial charge in [-0.1, -0.05) is 18.2 Å². The molecule has 0 fully saturated rings. The molecule has 1 heterocycles. The van der Waals surface area contributed by atoms with E-state index in [1.165, 1.54) is 11.1 Å². The standard InChI is InChI=1S/C16H23N3O/c1-5-20-9-8-14-15(16(17)19(4)18-14)13-7-6-11(2)12(3)10-13/h6-7,10H,5,8-9,17H2,1-4H3. The van der Waals surface area contributed by atoms with E-state index in [0.717, 1.165) is 29.8 Å². The van der Waals surface area contributed by atoms with Crippen LogP contribution in [0.2, 0.25) is 0 Å². The van der Waals surface area contributed by atoms with Gasteiger partial charge >= 0.3 is 0 Å². The minimum atomic E-state index is 0.671. The lowest BCUT2D eigenvalue weighted by Gasteiger charge is -2.07. The summed E-state index contributed by atoms with van der Waals surface area (Å²) < 4.78 is 7.17. The summed E-state index contributed by atoms with van der Waals surface area (Å²) in [5, 5.41) is 4.52. The van der Waals surface area contributed by atoms with Gasteiger partial charge in [-0.25, -0.2) is 0 Å². The number of anilines is 1. The summed E-state index contributed by atoms with van der Waals surface area (Å²) >= 11 is 0. The molecule has 1 aromatic heterocycles. The van der Waals surface area contributed by atoms with Gasteiger partial charge in [0.15, 0.2) is 0 Å². The smallest absolute Gasteiger partial charge is 0.129 e. The Balaban J connectivity index is 2.40. The van der Waals surface area contributed by atoms with Crippen molar-refractivity contribution in [1.82, 2.24) is 9.78 Å². The van der Waals surface area contributed by atoms with Gasteiger partial charge in [0.05, 0.1) is 12.3 Å². The molecule has 0 aliphatic carbocycles. The van der Waals surface area contributed by atoms with E-state index < -0.39 is 0 Å². The summed E-state index contributed by atoms with van der Waals surface area (Å²) in [6.45, 7) is 7.62. The van der Waals surface area contributed by atoms with Crippen LogP contribution in [0.4, 0.5) is 5.82 Å². The zero-order valence-electron chi connectivity index (χ0n) is 12.7. The maximum Gasteiger partial charge on any atom is 0.129 e. The van der Waals surface area contributed by atoms with Gasteiger partial charge in [0.1, 0.15) is 5.82 Å². The van der Waals surface area contributed by atoms with Crippen molar-refractivity contribution in [2.24, 2.45) is 7.05 Å². The Kier molecular flexibility index (Phi) is 4.45. The molecule has 108 valence electrons. The Hall–Kier alpha value is -1.81. The van der Waals surface area contributed by atoms with Crippen LogP contribution in [0.3, 0.4) is 0 Å². The van der Waals surface area contributed by atoms with Gasteiger partial charge in [-0.05, 0) is 37.5 Å². The van der Waals surface area contributed by atoms with Crippen molar-refractivity contribution in [1.29, 1.82) is 0 Å². The number of benzene rings is 1. The fraction of sp³-hybridized carbons (Fsp3) is 0.438. The van der Waals surface area contributed by atoms with Crippen molar-refractivity contribution < 1.29 is 4.74 Å². The second kappa shape index (κ2) is 6.09. The fourth-order valence-electron chi connectivity index (χ4n) is 2.29.